The Morgan fingerprint density at radius 3 is 2.52 bits per heavy atom. The van der Waals surface area contributed by atoms with E-state index in [1.807, 2.05) is 0 Å². The fourth-order valence-electron chi connectivity index (χ4n) is 4.07. The van der Waals surface area contributed by atoms with Crippen LogP contribution >= 0.6 is 0 Å². The SMILES string of the molecule is CCN=C(NC1CC1c1ccc(C(C)C)cc1)N1CCN(CC(=O)NCCOC)CC1. The van der Waals surface area contributed by atoms with Crippen LogP contribution in [0.25, 0.3) is 0 Å². The number of hydrogen-bond donors (Lipinski definition) is 2. The zero-order chi connectivity index (χ0) is 22.2. The molecule has 7 nitrogen and oxygen atoms in total. The topological polar surface area (TPSA) is 69.2 Å². The minimum atomic E-state index is 0.0652. The number of piperazine rings is 1. The number of aliphatic imine (C=N–C) groups is 1. The lowest BCUT2D eigenvalue weighted by atomic mass is 10.0. The van der Waals surface area contributed by atoms with Crippen LogP contribution in [0.2, 0.25) is 0 Å². The van der Waals surface area contributed by atoms with Crippen molar-refractivity contribution in [3.05, 3.63) is 35.4 Å². The van der Waals surface area contributed by atoms with E-state index >= 15 is 0 Å². The quantitative estimate of drug-likeness (QED) is 0.357. The molecule has 31 heavy (non-hydrogen) atoms. The molecule has 2 aliphatic rings. The van der Waals surface area contributed by atoms with Gasteiger partial charge in [-0.05, 0) is 30.4 Å². The van der Waals surface area contributed by atoms with Crippen molar-refractivity contribution in [3.8, 4) is 0 Å². The molecular formula is C24H39N5O2. The third kappa shape index (κ3) is 6.94. The second kappa shape index (κ2) is 11.5. The number of nitrogens with zero attached hydrogens (tertiary/aromatic N) is 3. The molecule has 3 rings (SSSR count). The van der Waals surface area contributed by atoms with Crippen molar-refractivity contribution in [3.63, 3.8) is 0 Å². The number of carbonyl (C=O) groups is 1. The zero-order valence-electron chi connectivity index (χ0n) is 19.6. The summed E-state index contributed by atoms with van der Waals surface area (Å²) in [7, 11) is 1.64. The summed E-state index contributed by atoms with van der Waals surface area (Å²) in [6.07, 6.45) is 1.16. The largest absolute Gasteiger partial charge is 0.383 e. The highest BCUT2D eigenvalue weighted by Gasteiger charge is 2.39. The molecule has 0 aromatic heterocycles. The summed E-state index contributed by atoms with van der Waals surface area (Å²) in [4.78, 5) is 21.3. The molecular weight excluding hydrogens is 390 g/mol. The number of amides is 1. The zero-order valence-corrected chi connectivity index (χ0v) is 19.6. The molecule has 1 amide bonds. The maximum absolute atomic E-state index is 12.0. The van der Waals surface area contributed by atoms with Gasteiger partial charge in [0.15, 0.2) is 5.96 Å². The minimum absolute atomic E-state index is 0.0652. The van der Waals surface area contributed by atoms with Gasteiger partial charge < -0.3 is 20.3 Å². The predicted molar refractivity (Wildman–Crippen MR) is 126 cm³/mol. The first-order chi connectivity index (χ1) is 15.0. The number of guanidine groups is 1. The molecule has 1 aliphatic carbocycles. The molecule has 172 valence electrons. The summed E-state index contributed by atoms with van der Waals surface area (Å²) < 4.78 is 4.98. The standard InChI is InChI=1S/C24H39N5O2/c1-5-25-24(27-22-16-21(22)20-8-6-19(7-9-20)18(2)3)29-13-11-28(12-14-29)17-23(30)26-10-15-31-4/h6-9,18,21-22H,5,10-17H2,1-4H3,(H,25,27)(H,26,30). The monoisotopic (exact) mass is 429 g/mol. The molecule has 1 aromatic rings. The number of rotatable bonds is 9. The first kappa shape index (κ1) is 23.5. The highest BCUT2D eigenvalue weighted by molar-refractivity contribution is 5.81. The lowest BCUT2D eigenvalue weighted by Gasteiger charge is -2.36. The van der Waals surface area contributed by atoms with Crippen molar-refractivity contribution >= 4 is 11.9 Å². The normalized spacial score (nSPS) is 22.0. The third-order valence-corrected chi connectivity index (χ3v) is 6.11. The number of hydrogen-bond acceptors (Lipinski definition) is 4. The van der Waals surface area contributed by atoms with Crippen molar-refractivity contribution in [1.82, 2.24) is 20.4 Å². The molecule has 2 fully saturated rings. The van der Waals surface area contributed by atoms with Gasteiger partial charge >= 0.3 is 0 Å². The fourth-order valence-corrected chi connectivity index (χ4v) is 4.07. The first-order valence-corrected chi connectivity index (χ1v) is 11.7. The van der Waals surface area contributed by atoms with E-state index < -0.39 is 0 Å². The molecule has 7 heteroatoms. The fraction of sp³-hybridized carbons (Fsp3) is 0.667. The molecule has 0 radical (unpaired) electrons. The maximum atomic E-state index is 12.0. The van der Waals surface area contributed by atoms with Crippen molar-refractivity contribution in [2.75, 3.05) is 59.5 Å². The van der Waals surface area contributed by atoms with Crippen LogP contribution < -0.4 is 10.6 Å². The molecule has 2 atom stereocenters. The molecule has 1 aromatic carbocycles. The van der Waals surface area contributed by atoms with E-state index in [0.717, 1.165) is 45.1 Å². The molecule has 2 N–H and O–H groups in total. The second-order valence-corrected chi connectivity index (χ2v) is 8.82. The Labute approximate surface area is 187 Å². The van der Waals surface area contributed by atoms with Crippen molar-refractivity contribution < 1.29 is 9.53 Å². The molecule has 1 heterocycles. The van der Waals surface area contributed by atoms with Crippen molar-refractivity contribution in [1.29, 1.82) is 0 Å². The van der Waals surface area contributed by atoms with Gasteiger partial charge in [-0.2, -0.15) is 0 Å². The third-order valence-electron chi connectivity index (χ3n) is 6.11. The van der Waals surface area contributed by atoms with E-state index in [0.29, 0.717) is 37.6 Å². The average Bonchev–Trinajstić information content (AvgIpc) is 3.53. The minimum Gasteiger partial charge on any atom is -0.383 e. The Morgan fingerprint density at radius 2 is 1.90 bits per heavy atom. The number of benzene rings is 1. The van der Waals surface area contributed by atoms with Crippen LogP contribution in [0.15, 0.2) is 29.3 Å². The Morgan fingerprint density at radius 1 is 1.19 bits per heavy atom. The van der Waals surface area contributed by atoms with Crippen molar-refractivity contribution in [2.45, 2.75) is 45.1 Å². The lowest BCUT2D eigenvalue weighted by molar-refractivity contribution is -0.122. The van der Waals surface area contributed by atoms with Crippen LogP contribution in [-0.2, 0) is 9.53 Å². The Balaban J connectivity index is 1.46. The molecule has 0 bridgehead atoms. The van der Waals surface area contributed by atoms with Gasteiger partial charge in [-0.3, -0.25) is 14.7 Å². The number of ether oxygens (including phenoxy) is 1. The van der Waals surface area contributed by atoms with Gasteiger partial charge in [0, 0.05) is 58.3 Å². The van der Waals surface area contributed by atoms with Crippen molar-refractivity contribution in [2.24, 2.45) is 4.99 Å². The molecule has 1 saturated heterocycles. The number of carbonyl (C=O) groups excluding carboxylic acids is 1. The van der Waals surface area contributed by atoms with Gasteiger partial charge in [0.05, 0.1) is 13.2 Å². The Kier molecular flexibility index (Phi) is 8.72. The Bertz CT molecular complexity index is 726. The van der Waals surface area contributed by atoms with Crippen LogP contribution in [0.3, 0.4) is 0 Å². The summed E-state index contributed by atoms with van der Waals surface area (Å²) in [6, 6.07) is 9.56. The first-order valence-electron chi connectivity index (χ1n) is 11.7. The highest BCUT2D eigenvalue weighted by Crippen LogP contribution is 2.41. The summed E-state index contributed by atoms with van der Waals surface area (Å²) in [5.41, 5.74) is 2.81. The van der Waals surface area contributed by atoms with Crippen LogP contribution in [0, 0.1) is 0 Å². The van der Waals surface area contributed by atoms with E-state index in [1.54, 1.807) is 7.11 Å². The van der Waals surface area contributed by atoms with E-state index in [1.165, 1.54) is 11.1 Å². The second-order valence-electron chi connectivity index (χ2n) is 8.82. The molecule has 1 aliphatic heterocycles. The summed E-state index contributed by atoms with van der Waals surface area (Å²) in [6.45, 7) is 12.4. The van der Waals surface area contributed by atoms with Gasteiger partial charge in [-0.25, -0.2) is 0 Å². The van der Waals surface area contributed by atoms with Gasteiger partial charge in [0.25, 0.3) is 0 Å². The van der Waals surface area contributed by atoms with Gasteiger partial charge in [-0.15, -0.1) is 0 Å². The number of methoxy groups -OCH3 is 1. The maximum Gasteiger partial charge on any atom is 0.234 e. The van der Waals surface area contributed by atoms with Crippen LogP contribution in [0.1, 0.15) is 50.2 Å². The molecule has 0 spiro atoms. The smallest absolute Gasteiger partial charge is 0.234 e. The van der Waals surface area contributed by atoms with E-state index in [-0.39, 0.29) is 5.91 Å². The van der Waals surface area contributed by atoms with Gasteiger partial charge in [-0.1, -0.05) is 38.1 Å². The summed E-state index contributed by atoms with van der Waals surface area (Å²) in [5, 5.41) is 6.60. The van der Waals surface area contributed by atoms with Gasteiger partial charge in [0.1, 0.15) is 0 Å². The Hall–Kier alpha value is -2.12. The van der Waals surface area contributed by atoms with Crippen LogP contribution in [-0.4, -0.2) is 87.2 Å². The number of nitrogens with one attached hydrogen (secondary N) is 2. The van der Waals surface area contributed by atoms with Gasteiger partial charge in [0.2, 0.25) is 5.91 Å². The predicted octanol–water partition coefficient (Wildman–Crippen LogP) is 2.01. The molecule has 1 saturated carbocycles. The van der Waals surface area contributed by atoms with Crippen LogP contribution in [0.4, 0.5) is 0 Å². The van der Waals surface area contributed by atoms with E-state index in [9.17, 15) is 4.79 Å². The average molecular weight is 430 g/mol. The highest BCUT2D eigenvalue weighted by atomic mass is 16.5. The molecule has 2 unspecified atom stereocenters. The van der Waals surface area contributed by atoms with E-state index in [2.05, 4.69) is 65.5 Å². The van der Waals surface area contributed by atoms with E-state index in [4.69, 9.17) is 9.73 Å². The van der Waals surface area contributed by atoms with Crippen LogP contribution in [0.5, 0.6) is 0 Å². The summed E-state index contributed by atoms with van der Waals surface area (Å²) in [5.74, 6) is 2.22. The summed E-state index contributed by atoms with van der Waals surface area (Å²) >= 11 is 0. The lowest BCUT2D eigenvalue weighted by Crippen LogP contribution is -2.54.